The third-order valence-electron chi connectivity index (χ3n) is 1.36. The van der Waals surface area contributed by atoms with Crippen LogP contribution in [0.2, 0.25) is 0 Å². The molecule has 0 amide bonds. The normalized spacial score (nSPS) is 11.0. The van der Waals surface area contributed by atoms with Crippen molar-refractivity contribution in [2.45, 2.75) is 0 Å². The summed E-state index contributed by atoms with van der Waals surface area (Å²) in [6.45, 7) is 0. The van der Waals surface area contributed by atoms with Crippen LogP contribution in [0.25, 0.3) is 0 Å². The van der Waals surface area contributed by atoms with Gasteiger partial charge in [-0.2, -0.15) is 0 Å². The maximum Gasteiger partial charge on any atom is 0.209 e. The van der Waals surface area contributed by atoms with E-state index >= 15 is 0 Å². The topological polar surface area (TPSA) is 41.0 Å². The highest BCUT2D eigenvalue weighted by Crippen LogP contribution is 2.13. The third-order valence-corrected chi connectivity index (χ3v) is 2.03. The highest BCUT2D eigenvalue weighted by Gasteiger charge is 1.89. The van der Waals surface area contributed by atoms with Gasteiger partial charge in [0.2, 0.25) is 5.13 Å². The summed E-state index contributed by atoms with van der Waals surface area (Å²) in [6, 6.07) is 3.89. The number of aliphatic imine (C=N–C) groups is 1. The predicted octanol–water partition coefficient (Wildman–Crippen LogP) is 2.22. The second kappa shape index (κ2) is 3.32. The van der Waals surface area contributed by atoms with Crippen LogP contribution in [0.1, 0.15) is 5.69 Å². The summed E-state index contributed by atoms with van der Waals surface area (Å²) in [5.74, 6) is 0. The van der Waals surface area contributed by atoms with E-state index in [-0.39, 0.29) is 0 Å². The lowest BCUT2D eigenvalue weighted by Gasteiger charge is -1.82. The van der Waals surface area contributed by atoms with Crippen molar-refractivity contribution < 1.29 is 0 Å². The Labute approximate surface area is 73.8 Å². The van der Waals surface area contributed by atoms with Crippen LogP contribution in [0.4, 0.5) is 5.13 Å². The summed E-state index contributed by atoms with van der Waals surface area (Å²) in [5, 5.41) is 2.69. The van der Waals surface area contributed by atoms with Gasteiger partial charge >= 0.3 is 0 Å². The van der Waals surface area contributed by atoms with Gasteiger partial charge in [-0.3, -0.25) is 0 Å². The second-order valence-corrected chi connectivity index (χ2v) is 3.07. The van der Waals surface area contributed by atoms with Gasteiger partial charge in [0.25, 0.3) is 0 Å². The van der Waals surface area contributed by atoms with E-state index in [1.54, 1.807) is 12.4 Å². The van der Waals surface area contributed by atoms with Gasteiger partial charge in [-0.1, -0.05) is 0 Å². The van der Waals surface area contributed by atoms with Crippen LogP contribution < -0.4 is 0 Å². The van der Waals surface area contributed by atoms with Crippen molar-refractivity contribution in [3.8, 4) is 0 Å². The number of thiazole rings is 1. The fraction of sp³-hybridized carbons (Fsp3) is 0. The number of hydrogen-bond donors (Lipinski definition) is 1. The van der Waals surface area contributed by atoms with Crippen LogP contribution in [0, 0.1) is 0 Å². The Morgan fingerprint density at radius 3 is 3.25 bits per heavy atom. The maximum atomic E-state index is 4.16. The molecular formula is C8H7N3S. The number of aromatic amines is 1. The Hall–Kier alpha value is -1.42. The molecule has 0 bridgehead atoms. The van der Waals surface area contributed by atoms with Crippen LogP contribution in [0.5, 0.6) is 0 Å². The molecule has 0 unspecified atom stereocenters. The largest absolute Gasteiger partial charge is 0.360 e. The van der Waals surface area contributed by atoms with Crippen LogP contribution >= 0.6 is 11.3 Å². The van der Waals surface area contributed by atoms with Crippen molar-refractivity contribution >= 4 is 22.7 Å². The molecule has 0 spiro atoms. The first-order valence-electron chi connectivity index (χ1n) is 3.52. The Balaban J connectivity index is 2.14. The van der Waals surface area contributed by atoms with E-state index in [1.807, 2.05) is 23.7 Å². The lowest BCUT2D eigenvalue weighted by atomic mass is 10.5. The van der Waals surface area contributed by atoms with Gasteiger partial charge in [0.05, 0.1) is 11.9 Å². The fourth-order valence-corrected chi connectivity index (χ4v) is 1.31. The van der Waals surface area contributed by atoms with E-state index in [2.05, 4.69) is 15.0 Å². The standard InChI is InChI=1S/C8H7N3S/c1-2-7(9-3-1)6-11-8-10-4-5-12-8/h1-6,9H/b11-6+. The van der Waals surface area contributed by atoms with Crippen molar-refractivity contribution in [3.63, 3.8) is 0 Å². The van der Waals surface area contributed by atoms with Crippen molar-refractivity contribution in [3.05, 3.63) is 35.6 Å². The SMILES string of the molecule is C(=N\c1nccs1)/c1ccc[nH]1. The molecule has 0 saturated heterocycles. The van der Waals surface area contributed by atoms with Crippen molar-refractivity contribution in [1.82, 2.24) is 9.97 Å². The molecule has 0 fully saturated rings. The minimum atomic E-state index is 0.782. The molecule has 0 atom stereocenters. The highest BCUT2D eigenvalue weighted by atomic mass is 32.1. The van der Waals surface area contributed by atoms with E-state index in [0.29, 0.717) is 0 Å². The molecule has 2 rings (SSSR count). The van der Waals surface area contributed by atoms with Gasteiger partial charge < -0.3 is 4.98 Å². The van der Waals surface area contributed by atoms with E-state index in [1.165, 1.54) is 11.3 Å². The molecule has 2 aromatic heterocycles. The van der Waals surface area contributed by atoms with Crippen molar-refractivity contribution in [2.75, 3.05) is 0 Å². The van der Waals surface area contributed by atoms with Crippen LogP contribution in [-0.4, -0.2) is 16.2 Å². The van der Waals surface area contributed by atoms with Gasteiger partial charge in [-0.05, 0) is 12.1 Å². The summed E-state index contributed by atoms with van der Waals surface area (Å²) in [6.07, 6.45) is 5.37. The van der Waals surface area contributed by atoms with Gasteiger partial charge in [0.1, 0.15) is 0 Å². The zero-order chi connectivity index (χ0) is 8.23. The summed E-state index contributed by atoms with van der Waals surface area (Å²) < 4.78 is 0. The molecule has 0 saturated carbocycles. The number of rotatable bonds is 2. The Morgan fingerprint density at radius 1 is 1.58 bits per heavy atom. The first-order chi connectivity index (χ1) is 5.95. The maximum absolute atomic E-state index is 4.16. The first kappa shape index (κ1) is 7.24. The van der Waals surface area contributed by atoms with E-state index in [4.69, 9.17) is 0 Å². The smallest absolute Gasteiger partial charge is 0.209 e. The Bertz CT molecular complexity index is 311. The molecule has 4 heteroatoms. The van der Waals surface area contributed by atoms with Gasteiger partial charge in [0, 0.05) is 17.8 Å². The van der Waals surface area contributed by atoms with Crippen molar-refractivity contribution in [2.24, 2.45) is 4.99 Å². The summed E-state index contributed by atoms with van der Waals surface area (Å²) in [7, 11) is 0. The molecule has 0 aromatic carbocycles. The number of nitrogens with one attached hydrogen (secondary N) is 1. The lowest BCUT2D eigenvalue weighted by Crippen LogP contribution is -1.76. The highest BCUT2D eigenvalue weighted by molar-refractivity contribution is 7.13. The Kier molecular flexibility index (Phi) is 2.00. The van der Waals surface area contributed by atoms with Gasteiger partial charge in [-0.15, -0.1) is 11.3 Å². The molecule has 2 aromatic rings. The zero-order valence-electron chi connectivity index (χ0n) is 6.27. The van der Waals surface area contributed by atoms with Crippen LogP contribution in [0.15, 0.2) is 34.9 Å². The molecule has 3 nitrogen and oxygen atoms in total. The number of hydrogen-bond acceptors (Lipinski definition) is 3. The molecule has 60 valence electrons. The zero-order valence-corrected chi connectivity index (χ0v) is 7.08. The lowest BCUT2D eigenvalue weighted by molar-refractivity contribution is 1.34. The molecule has 0 aliphatic heterocycles. The number of H-pyrrole nitrogens is 1. The fourth-order valence-electron chi connectivity index (χ4n) is 0.829. The first-order valence-corrected chi connectivity index (χ1v) is 4.40. The predicted molar refractivity (Wildman–Crippen MR) is 50.2 cm³/mol. The summed E-state index contributed by atoms with van der Waals surface area (Å²) in [5.41, 5.74) is 0.991. The van der Waals surface area contributed by atoms with Gasteiger partial charge in [0.15, 0.2) is 0 Å². The summed E-state index contributed by atoms with van der Waals surface area (Å²) >= 11 is 1.52. The average molecular weight is 177 g/mol. The Morgan fingerprint density at radius 2 is 2.58 bits per heavy atom. The van der Waals surface area contributed by atoms with Crippen molar-refractivity contribution in [1.29, 1.82) is 0 Å². The molecule has 0 radical (unpaired) electrons. The number of nitrogens with zero attached hydrogens (tertiary/aromatic N) is 2. The molecule has 0 aliphatic rings. The number of aromatic nitrogens is 2. The van der Waals surface area contributed by atoms with Crippen LogP contribution in [0.3, 0.4) is 0 Å². The second-order valence-electron chi connectivity index (χ2n) is 2.20. The van der Waals surface area contributed by atoms with E-state index in [9.17, 15) is 0 Å². The molecular weight excluding hydrogens is 170 g/mol. The summed E-state index contributed by atoms with van der Waals surface area (Å²) in [4.78, 5) is 11.2. The quantitative estimate of drug-likeness (QED) is 0.702. The van der Waals surface area contributed by atoms with E-state index < -0.39 is 0 Å². The minimum absolute atomic E-state index is 0.782. The molecule has 1 N–H and O–H groups in total. The third kappa shape index (κ3) is 1.60. The minimum Gasteiger partial charge on any atom is -0.360 e. The van der Waals surface area contributed by atoms with E-state index in [0.717, 1.165) is 10.8 Å². The molecule has 0 aliphatic carbocycles. The van der Waals surface area contributed by atoms with Crippen LogP contribution in [-0.2, 0) is 0 Å². The molecule has 12 heavy (non-hydrogen) atoms. The average Bonchev–Trinajstić information content (AvgIpc) is 2.74. The van der Waals surface area contributed by atoms with Gasteiger partial charge in [-0.25, -0.2) is 9.98 Å². The molecule has 2 heterocycles. The monoisotopic (exact) mass is 177 g/mol.